The first-order chi connectivity index (χ1) is 10.6. The van der Waals surface area contributed by atoms with Crippen LogP contribution >= 0.6 is 0 Å². The van der Waals surface area contributed by atoms with E-state index in [-0.39, 0.29) is 14.1 Å². The van der Waals surface area contributed by atoms with Crippen LogP contribution in [0.25, 0.3) is 0 Å². The molecule has 0 aromatic carbocycles. The lowest BCUT2D eigenvalue weighted by Gasteiger charge is -2.15. The second kappa shape index (κ2) is 9.36. The second-order valence-corrected chi connectivity index (χ2v) is 5.46. The van der Waals surface area contributed by atoms with Crippen LogP contribution in [0.15, 0.2) is 73.4 Å². The Labute approximate surface area is 145 Å². The smallest absolute Gasteiger partial charge is 0.287 e. The molecule has 7 heteroatoms. The zero-order chi connectivity index (χ0) is 15.5. The van der Waals surface area contributed by atoms with Crippen LogP contribution < -0.4 is 32.7 Å². The largest absolute Gasteiger partial charge is 1.00 e. The second-order valence-electron chi connectivity index (χ2n) is 5.46. The van der Waals surface area contributed by atoms with E-state index in [0.29, 0.717) is 0 Å². The number of halogens is 3. The summed E-state index contributed by atoms with van der Waals surface area (Å²) in [7, 11) is 6.14. The molecule has 0 bridgehead atoms. The first kappa shape index (κ1) is 22.0. The number of pyridine rings is 3. The minimum atomic E-state index is 0. The number of rotatable bonds is 3. The number of hydrogen-bond donors (Lipinski definition) is 0. The molecule has 4 nitrogen and oxygen atoms in total. The maximum Gasteiger partial charge on any atom is 0.287 e. The molecule has 0 saturated heterocycles. The van der Waals surface area contributed by atoms with Crippen molar-refractivity contribution in [2.45, 2.75) is 0 Å². The summed E-state index contributed by atoms with van der Waals surface area (Å²) in [4.78, 5) is 2.25. The van der Waals surface area contributed by atoms with Crippen molar-refractivity contribution in [2.75, 3.05) is 4.90 Å². The third kappa shape index (κ3) is 4.76. The Morgan fingerprint density at radius 1 is 0.640 bits per heavy atom. The summed E-state index contributed by atoms with van der Waals surface area (Å²) < 4.78 is 6.25. The Kier molecular flexibility index (Phi) is 8.25. The van der Waals surface area contributed by atoms with Gasteiger partial charge in [0.15, 0.2) is 23.8 Å². The van der Waals surface area contributed by atoms with Gasteiger partial charge in [0.2, 0.25) is 12.4 Å². The van der Waals surface area contributed by atoms with Gasteiger partial charge in [0.05, 0.1) is 13.2 Å². The van der Waals surface area contributed by atoms with Crippen LogP contribution in [0.1, 0.15) is 0 Å². The monoisotopic (exact) mass is 350 g/mol. The quantitative estimate of drug-likeness (QED) is 0.429. The number of hydrogen-bond acceptors (Lipinski definition) is 1. The molecule has 0 fully saturated rings. The van der Waals surface area contributed by atoms with E-state index in [9.17, 15) is 0 Å². The molecule has 3 rings (SSSR count). The summed E-state index contributed by atoms with van der Waals surface area (Å²) in [5.41, 5.74) is 2.25. The summed E-state index contributed by atoms with van der Waals surface area (Å²) in [6.45, 7) is 0. The SMILES string of the molecule is C[n+]1cccc(N(c2ccc[n+](C)c2)c2cccc[n+]2C)c1.[F-].[F-].[F-]. The predicted octanol–water partition coefficient (Wildman–Crippen LogP) is -7.36. The van der Waals surface area contributed by atoms with Gasteiger partial charge in [0, 0.05) is 18.2 Å². The molecule has 0 aliphatic carbocycles. The molecular formula is C18H21F3N4. The van der Waals surface area contributed by atoms with Gasteiger partial charge in [0.25, 0.3) is 5.82 Å². The van der Waals surface area contributed by atoms with Gasteiger partial charge in [-0.25, -0.2) is 13.7 Å². The van der Waals surface area contributed by atoms with E-state index < -0.39 is 0 Å². The van der Waals surface area contributed by atoms with Gasteiger partial charge in [0.1, 0.15) is 14.1 Å². The van der Waals surface area contributed by atoms with Crippen molar-refractivity contribution in [2.24, 2.45) is 21.1 Å². The van der Waals surface area contributed by atoms with Crippen molar-refractivity contribution < 1.29 is 27.8 Å². The Morgan fingerprint density at radius 2 is 1.16 bits per heavy atom. The van der Waals surface area contributed by atoms with Crippen molar-refractivity contribution in [3.05, 3.63) is 73.4 Å². The molecule has 0 atom stereocenters. The summed E-state index contributed by atoms with van der Waals surface area (Å²) in [6.07, 6.45) is 10.4. The average molecular weight is 350 g/mol. The van der Waals surface area contributed by atoms with E-state index in [1.54, 1.807) is 0 Å². The topological polar surface area (TPSA) is 14.9 Å². The summed E-state index contributed by atoms with van der Waals surface area (Å²) in [5.74, 6) is 1.11. The fourth-order valence-electron chi connectivity index (χ4n) is 2.57. The molecule has 25 heavy (non-hydrogen) atoms. The van der Waals surface area contributed by atoms with Gasteiger partial charge >= 0.3 is 0 Å². The molecule has 0 aliphatic rings. The van der Waals surface area contributed by atoms with E-state index in [0.717, 1.165) is 17.2 Å². The van der Waals surface area contributed by atoms with E-state index >= 15 is 0 Å². The van der Waals surface area contributed by atoms with E-state index in [2.05, 4.69) is 80.6 Å². The zero-order valence-corrected chi connectivity index (χ0v) is 14.4. The van der Waals surface area contributed by atoms with Crippen LogP contribution in [0.3, 0.4) is 0 Å². The van der Waals surface area contributed by atoms with Crippen LogP contribution in [0, 0.1) is 0 Å². The Hall–Kier alpha value is -2.96. The molecule has 3 aromatic heterocycles. The van der Waals surface area contributed by atoms with Gasteiger partial charge in [-0.05, 0) is 18.2 Å². The van der Waals surface area contributed by atoms with Crippen LogP contribution in [-0.4, -0.2) is 0 Å². The summed E-state index contributed by atoms with van der Waals surface area (Å²) in [5, 5.41) is 0. The molecule has 0 N–H and O–H groups in total. The van der Waals surface area contributed by atoms with Crippen molar-refractivity contribution in [1.29, 1.82) is 0 Å². The van der Waals surface area contributed by atoms with E-state index in [1.165, 1.54) is 0 Å². The highest BCUT2D eigenvalue weighted by Gasteiger charge is 2.26. The van der Waals surface area contributed by atoms with Gasteiger partial charge < -0.3 is 14.1 Å². The lowest BCUT2D eigenvalue weighted by atomic mass is 10.2. The van der Waals surface area contributed by atoms with Crippen molar-refractivity contribution in [3.8, 4) is 0 Å². The molecule has 0 aliphatic heterocycles. The minimum Gasteiger partial charge on any atom is -1.00 e. The van der Waals surface area contributed by atoms with Gasteiger partial charge in [-0.2, -0.15) is 4.90 Å². The lowest BCUT2D eigenvalue weighted by molar-refractivity contribution is -0.672. The highest BCUT2D eigenvalue weighted by Crippen LogP contribution is 2.29. The average Bonchev–Trinajstić information content (AvgIpc) is 2.50. The third-order valence-electron chi connectivity index (χ3n) is 3.62. The normalized spacial score (nSPS) is 9.24. The predicted molar refractivity (Wildman–Crippen MR) is 84.7 cm³/mol. The summed E-state index contributed by atoms with van der Waals surface area (Å²) in [6, 6.07) is 14.6. The number of aryl methyl sites for hydroxylation is 3. The molecule has 0 unspecified atom stereocenters. The van der Waals surface area contributed by atoms with Gasteiger partial charge in [-0.15, -0.1) is 0 Å². The fraction of sp³-hybridized carbons (Fsp3) is 0.167. The van der Waals surface area contributed by atoms with E-state index in [1.807, 2.05) is 32.6 Å². The highest BCUT2D eigenvalue weighted by molar-refractivity contribution is 5.70. The highest BCUT2D eigenvalue weighted by atomic mass is 19.0. The number of aromatic nitrogens is 3. The van der Waals surface area contributed by atoms with Crippen molar-refractivity contribution in [1.82, 2.24) is 0 Å². The standard InChI is InChI=1S/C18H21N4.3FH/c1-19-11-6-8-16(14-19)22(17-9-7-12-20(2)15-17)18-10-4-5-13-21(18)3;;;/h4-15H,1-3H3;3*1H/q+3;;;/p-3. The Morgan fingerprint density at radius 3 is 1.60 bits per heavy atom. The molecule has 0 saturated carbocycles. The number of anilines is 3. The van der Waals surface area contributed by atoms with Crippen LogP contribution in [0.5, 0.6) is 0 Å². The van der Waals surface area contributed by atoms with Crippen LogP contribution in [-0.2, 0) is 21.1 Å². The van der Waals surface area contributed by atoms with E-state index in [4.69, 9.17) is 0 Å². The molecular weight excluding hydrogens is 329 g/mol. The van der Waals surface area contributed by atoms with Crippen molar-refractivity contribution >= 4 is 17.2 Å². The van der Waals surface area contributed by atoms with Gasteiger partial charge in [-0.1, -0.05) is 6.07 Å². The minimum absolute atomic E-state index is 0. The third-order valence-corrected chi connectivity index (χ3v) is 3.62. The molecule has 0 spiro atoms. The zero-order valence-electron chi connectivity index (χ0n) is 14.4. The first-order valence-corrected chi connectivity index (χ1v) is 7.30. The maximum absolute atomic E-state index is 2.25. The first-order valence-electron chi connectivity index (χ1n) is 7.30. The summed E-state index contributed by atoms with van der Waals surface area (Å²) >= 11 is 0. The maximum atomic E-state index is 2.25. The Bertz CT molecular complexity index is 766. The van der Waals surface area contributed by atoms with Gasteiger partial charge in [-0.3, -0.25) is 0 Å². The molecule has 0 radical (unpaired) electrons. The Balaban J connectivity index is 0.00000192. The number of nitrogens with zero attached hydrogens (tertiary/aromatic N) is 4. The fourth-order valence-corrected chi connectivity index (χ4v) is 2.57. The molecule has 3 aromatic rings. The molecule has 3 heterocycles. The van der Waals surface area contributed by atoms with Crippen LogP contribution in [0.2, 0.25) is 0 Å². The molecule has 134 valence electrons. The molecule has 0 amide bonds. The van der Waals surface area contributed by atoms with Crippen LogP contribution in [0.4, 0.5) is 17.2 Å². The van der Waals surface area contributed by atoms with Crippen molar-refractivity contribution in [3.63, 3.8) is 0 Å². The lowest BCUT2D eigenvalue weighted by Crippen LogP contribution is -3.00.